The molecule has 1 amide bonds. The van der Waals surface area contributed by atoms with Crippen LogP contribution in [0.5, 0.6) is 0 Å². The maximum Gasteiger partial charge on any atom is 0.227 e. The summed E-state index contributed by atoms with van der Waals surface area (Å²) in [6, 6.07) is 8.91. The highest BCUT2D eigenvalue weighted by molar-refractivity contribution is 5.97. The number of rotatable bonds is 1. The number of para-hydroxylation sites is 1. The summed E-state index contributed by atoms with van der Waals surface area (Å²) in [6.07, 6.45) is 7.87. The van der Waals surface area contributed by atoms with E-state index in [1.54, 1.807) is 0 Å². The summed E-state index contributed by atoms with van der Waals surface area (Å²) in [5.74, 6) is 2.00. The fourth-order valence-corrected chi connectivity index (χ4v) is 4.35. The number of nitrogens with zero attached hydrogens (tertiary/aromatic N) is 1. The summed E-state index contributed by atoms with van der Waals surface area (Å²) in [5, 5.41) is 0. The van der Waals surface area contributed by atoms with E-state index in [1.165, 1.54) is 24.1 Å². The van der Waals surface area contributed by atoms with Gasteiger partial charge in [0.05, 0.1) is 6.04 Å². The summed E-state index contributed by atoms with van der Waals surface area (Å²) in [7, 11) is 0. The number of anilines is 1. The predicted molar refractivity (Wildman–Crippen MR) is 76.1 cm³/mol. The van der Waals surface area contributed by atoms with Crippen molar-refractivity contribution in [3.63, 3.8) is 0 Å². The lowest BCUT2D eigenvalue weighted by atomic mass is 9.65. The Hall–Kier alpha value is -1.57. The number of hydrogen-bond acceptors (Lipinski definition) is 1. The third-order valence-electron chi connectivity index (χ3n) is 5.13. The van der Waals surface area contributed by atoms with E-state index in [-0.39, 0.29) is 5.91 Å². The van der Waals surface area contributed by atoms with Crippen LogP contribution in [0.25, 0.3) is 0 Å². The molecule has 4 aliphatic rings. The van der Waals surface area contributed by atoms with Gasteiger partial charge in [-0.1, -0.05) is 37.3 Å². The third-order valence-corrected chi connectivity index (χ3v) is 5.13. The van der Waals surface area contributed by atoms with Gasteiger partial charge in [-0.2, -0.15) is 0 Å². The van der Waals surface area contributed by atoms with Crippen LogP contribution in [0.15, 0.2) is 36.4 Å². The maximum absolute atomic E-state index is 12.4. The summed E-state index contributed by atoms with van der Waals surface area (Å²) >= 11 is 0. The minimum absolute atomic E-state index is 0.279. The van der Waals surface area contributed by atoms with Crippen LogP contribution in [0.1, 0.15) is 37.7 Å². The van der Waals surface area contributed by atoms with Gasteiger partial charge in [-0.25, -0.2) is 0 Å². The Kier molecular flexibility index (Phi) is 2.35. The second kappa shape index (κ2) is 3.96. The molecule has 4 atom stereocenters. The molecule has 0 spiro atoms. The standard InChI is InChI=1S/C17H19NO/c1-2-15(19)18-14-6-4-3-5-13(14)16-11-7-9-12(10-8-11)17(16)18/h3-7,9,11-12,16-17H,2,8,10H2,1H3/t11-,12+,16+,17+/m1/s1. The van der Waals surface area contributed by atoms with Crippen molar-refractivity contribution in [1.82, 2.24) is 0 Å². The molecule has 1 fully saturated rings. The van der Waals surface area contributed by atoms with Crippen LogP contribution in [0.2, 0.25) is 0 Å². The second-order valence-corrected chi connectivity index (χ2v) is 5.98. The lowest BCUT2D eigenvalue weighted by molar-refractivity contribution is -0.119. The normalized spacial score (nSPS) is 34.3. The van der Waals surface area contributed by atoms with Gasteiger partial charge < -0.3 is 4.90 Å². The van der Waals surface area contributed by atoms with E-state index in [1.807, 2.05) is 6.92 Å². The van der Waals surface area contributed by atoms with Crippen LogP contribution in [-0.2, 0) is 4.79 Å². The quantitative estimate of drug-likeness (QED) is 0.702. The molecular weight excluding hydrogens is 234 g/mol. The van der Waals surface area contributed by atoms with Crippen LogP contribution < -0.4 is 4.90 Å². The van der Waals surface area contributed by atoms with E-state index in [0.717, 1.165) is 0 Å². The summed E-state index contributed by atoms with van der Waals surface area (Å²) in [4.78, 5) is 14.5. The van der Waals surface area contributed by atoms with E-state index < -0.39 is 0 Å². The number of carbonyl (C=O) groups excluding carboxylic acids is 1. The zero-order valence-electron chi connectivity index (χ0n) is 11.3. The number of hydrogen-bond donors (Lipinski definition) is 0. The van der Waals surface area contributed by atoms with Gasteiger partial charge in [-0.05, 0) is 36.3 Å². The number of fused-ring (bicyclic) bond motifs is 2. The molecule has 0 aromatic heterocycles. The molecule has 1 aromatic carbocycles. The molecule has 19 heavy (non-hydrogen) atoms. The molecule has 98 valence electrons. The fourth-order valence-electron chi connectivity index (χ4n) is 4.35. The van der Waals surface area contributed by atoms with Crippen molar-refractivity contribution >= 4 is 11.6 Å². The van der Waals surface area contributed by atoms with E-state index in [0.29, 0.717) is 30.2 Å². The minimum Gasteiger partial charge on any atom is -0.308 e. The first-order valence-electron chi connectivity index (χ1n) is 7.40. The number of amides is 1. The maximum atomic E-state index is 12.4. The average molecular weight is 253 g/mol. The first-order valence-corrected chi connectivity index (χ1v) is 7.40. The molecule has 0 N–H and O–H groups in total. The lowest BCUT2D eigenvalue weighted by Gasteiger charge is -2.44. The Morgan fingerprint density at radius 1 is 1.21 bits per heavy atom. The summed E-state index contributed by atoms with van der Waals surface area (Å²) in [5.41, 5.74) is 2.57. The highest BCUT2D eigenvalue weighted by atomic mass is 16.2. The summed E-state index contributed by atoms with van der Waals surface area (Å²) in [6.45, 7) is 1.97. The monoisotopic (exact) mass is 253 g/mol. The lowest BCUT2D eigenvalue weighted by Crippen LogP contribution is -2.48. The van der Waals surface area contributed by atoms with E-state index >= 15 is 0 Å². The van der Waals surface area contributed by atoms with Crippen molar-refractivity contribution in [1.29, 1.82) is 0 Å². The highest BCUT2D eigenvalue weighted by Gasteiger charge is 2.51. The van der Waals surface area contributed by atoms with Gasteiger partial charge in [0.15, 0.2) is 0 Å². The Balaban J connectivity index is 1.88. The van der Waals surface area contributed by atoms with Crippen molar-refractivity contribution in [2.24, 2.45) is 11.8 Å². The fraction of sp³-hybridized carbons (Fsp3) is 0.471. The van der Waals surface area contributed by atoms with E-state index in [9.17, 15) is 4.79 Å². The van der Waals surface area contributed by atoms with Crippen LogP contribution in [0.4, 0.5) is 5.69 Å². The molecule has 3 aliphatic carbocycles. The Bertz CT molecular complexity index is 562. The second-order valence-electron chi connectivity index (χ2n) is 5.98. The Morgan fingerprint density at radius 3 is 2.68 bits per heavy atom. The van der Waals surface area contributed by atoms with Gasteiger partial charge in [-0.3, -0.25) is 4.79 Å². The molecule has 1 aliphatic heterocycles. The zero-order valence-corrected chi connectivity index (χ0v) is 11.3. The number of allylic oxidation sites excluding steroid dienone is 1. The van der Waals surface area contributed by atoms with E-state index in [4.69, 9.17) is 0 Å². The molecule has 2 heteroatoms. The molecule has 0 saturated heterocycles. The molecule has 1 saturated carbocycles. The SMILES string of the molecule is CCC(=O)N1c2ccccc2[C@H]2[C@@H]1[C@H]1C=C[C@@H]2CC1. The van der Waals surface area contributed by atoms with Gasteiger partial charge in [0.2, 0.25) is 5.91 Å². The van der Waals surface area contributed by atoms with Crippen molar-refractivity contribution in [3.05, 3.63) is 42.0 Å². The van der Waals surface area contributed by atoms with Gasteiger partial charge in [0.1, 0.15) is 0 Å². The molecular formula is C17H19NO. The van der Waals surface area contributed by atoms with Gasteiger partial charge in [0.25, 0.3) is 0 Å². The van der Waals surface area contributed by atoms with Crippen LogP contribution in [0.3, 0.4) is 0 Å². The molecule has 2 nitrogen and oxygen atoms in total. The molecule has 0 unspecified atom stereocenters. The predicted octanol–water partition coefficient (Wildman–Crippen LogP) is 3.49. The van der Waals surface area contributed by atoms with Crippen LogP contribution >= 0.6 is 0 Å². The Morgan fingerprint density at radius 2 is 1.95 bits per heavy atom. The molecule has 0 radical (unpaired) electrons. The first-order chi connectivity index (χ1) is 9.31. The van der Waals surface area contributed by atoms with Crippen molar-refractivity contribution in [2.75, 3.05) is 4.90 Å². The molecule has 5 rings (SSSR count). The van der Waals surface area contributed by atoms with Crippen molar-refractivity contribution in [3.8, 4) is 0 Å². The average Bonchev–Trinajstić information content (AvgIpc) is 2.85. The van der Waals surface area contributed by atoms with Crippen molar-refractivity contribution in [2.45, 2.75) is 38.1 Å². The first kappa shape index (κ1) is 11.3. The third kappa shape index (κ3) is 1.40. The van der Waals surface area contributed by atoms with Crippen LogP contribution in [0, 0.1) is 11.8 Å². The largest absolute Gasteiger partial charge is 0.308 e. The minimum atomic E-state index is 0.279. The molecule has 2 bridgehead atoms. The highest BCUT2D eigenvalue weighted by Crippen LogP contribution is 2.55. The Labute approximate surface area is 114 Å². The molecule has 1 aromatic rings. The zero-order chi connectivity index (χ0) is 13.0. The van der Waals surface area contributed by atoms with Gasteiger partial charge in [-0.15, -0.1) is 0 Å². The summed E-state index contributed by atoms with van der Waals surface area (Å²) < 4.78 is 0. The van der Waals surface area contributed by atoms with Gasteiger partial charge >= 0.3 is 0 Å². The molecule has 1 heterocycles. The smallest absolute Gasteiger partial charge is 0.227 e. The van der Waals surface area contributed by atoms with Gasteiger partial charge in [0, 0.05) is 18.0 Å². The topological polar surface area (TPSA) is 20.3 Å². The number of benzene rings is 1. The van der Waals surface area contributed by atoms with E-state index in [2.05, 4.69) is 41.3 Å². The number of carbonyl (C=O) groups is 1. The van der Waals surface area contributed by atoms with Crippen molar-refractivity contribution < 1.29 is 4.79 Å². The van der Waals surface area contributed by atoms with Crippen LogP contribution in [-0.4, -0.2) is 11.9 Å².